The van der Waals surface area contributed by atoms with Crippen LogP contribution in [0.15, 0.2) is 0 Å². The molecule has 0 aromatic carbocycles. The zero-order valence-electron chi connectivity index (χ0n) is 10.6. The fourth-order valence-corrected chi connectivity index (χ4v) is 2.48. The first-order valence-electron chi connectivity index (χ1n) is 6.53. The van der Waals surface area contributed by atoms with Gasteiger partial charge in [-0.15, -0.1) is 0 Å². The topological polar surface area (TPSA) is 70.8 Å². The first kappa shape index (κ1) is 13.3. The van der Waals surface area contributed by atoms with Crippen molar-refractivity contribution in [3.05, 3.63) is 10.6 Å². The van der Waals surface area contributed by atoms with Crippen LogP contribution in [0.25, 0.3) is 0 Å². The monoisotopic (exact) mass is 269 g/mol. The van der Waals surface area contributed by atoms with Gasteiger partial charge in [-0.2, -0.15) is 0 Å². The van der Waals surface area contributed by atoms with E-state index in [0.717, 1.165) is 25.1 Å². The minimum atomic E-state index is -0.0983. The minimum absolute atomic E-state index is 0.0782. The summed E-state index contributed by atoms with van der Waals surface area (Å²) in [7, 11) is 0. The van der Waals surface area contributed by atoms with E-state index >= 15 is 0 Å². The van der Waals surface area contributed by atoms with Gasteiger partial charge in [0.15, 0.2) is 0 Å². The Bertz CT molecular complexity index is 454. The lowest BCUT2D eigenvalue weighted by molar-refractivity contribution is -0.144. The number of ether oxygens (including phenoxy) is 1. The second-order valence-corrected chi connectivity index (χ2v) is 5.19. The Balaban J connectivity index is 1.83. The van der Waals surface area contributed by atoms with Crippen LogP contribution < -0.4 is 0 Å². The van der Waals surface area contributed by atoms with Crippen molar-refractivity contribution < 1.29 is 9.53 Å². The van der Waals surface area contributed by atoms with Gasteiger partial charge < -0.3 is 4.74 Å². The SMILES string of the molecule is CCCCC[C@@H]1C[C@H](Cc2nc(=S)[nH][nH]2)C(=O)O1. The third-order valence-corrected chi connectivity index (χ3v) is 3.48. The number of cyclic esters (lactones) is 1. The number of aromatic amines is 2. The lowest BCUT2D eigenvalue weighted by Gasteiger charge is -2.07. The van der Waals surface area contributed by atoms with Crippen LogP contribution in [0.1, 0.15) is 44.9 Å². The van der Waals surface area contributed by atoms with Crippen LogP contribution in [0.5, 0.6) is 0 Å². The molecule has 1 aromatic heterocycles. The first-order valence-corrected chi connectivity index (χ1v) is 6.94. The molecule has 18 heavy (non-hydrogen) atoms. The number of carbonyl (C=O) groups excluding carboxylic acids is 1. The van der Waals surface area contributed by atoms with Gasteiger partial charge in [-0.05, 0) is 31.5 Å². The molecule has 1 aliphatic heterocycles. The maximum absolute atomic E-state index is 11.7. The van der Waals surface area contributed by atoms with Crippen molar-refractivity contribution in [1.29, 1.82) is 0 Å². The highest BCUT2D eigenvalue weighted by Crippen LogP contribution is 2.27. The van der Waals surface area contributed by atoms with Crippen LogP contribution in [0.4, 0.5) is 0 Å². The van der Waals surface area contributed by atoms with E-state index in [1.807, 2.05) is 0 Å². The highest BCUT2D eigenvalue weighted by molar-refractivity contribution is 7.71. The van der Waals surface area contributed by atoms with Gasteiger partial charge in [0.1, 0.15) is 11.9 Å². The number of esters is 1. The zero-order chi connectivity index (χ0) is 13.0. The molecule has 6 heteroatoms. The van der Waals surface area contributed by atoms with Gasteiger partial charge in [0.25, 0.3) is 0 Å². The fraction of sp³-hybridized carbons (Fsp3) is 0.750. The Morgan fingerprint density at radius 2 is 2.28 bits per heavy atom. The highest BCUT2D eigenvalue weighted by Gasteiger charge is 2.34. The number of H-pyrrole nitrogens is 2. The van der Waals surface area contributed by atoms with E-state index < -0.39 is 0 Å². The van der Waals surface area contributed by atoms with Crippen molar-refractivity contribution in [3.8, 4) is 0 Å². The standard InChI is InChI=1S/C12H19N3O2S/c1-2-3-4-5-9-6-8(11(16)17-9)7-10-13-12(18)15-14-10/h8-9H,2-7H2,1H3,(H2,13,14,15,18)/t8-,9-/m1/s1. The lowest BCUT2D eigenvalue weighted by atomic mass is 9.98. The summed E-state index contributed by atoms with van der Waals surface area (Å²) in [6.45, 7) is 2.17. The number of hydrogen-bond donors (Lipinski definition) is 2. The Morgan fingerprint density at radius 3 is 2.94 bits per heavy atom. The average Bonchev–Trinajstić information content (AvgIpc) is 2.88. The maximum atomic E-state index is 11.7. The number of rotatable bonds is 6. The van der Waals surface area contributed by atoms with Gasteiger partial charge in [0.2, 0.25) is 4.77 Å². The fourth-order valence-electron chi connectivity index (χ4n) is 2.32. The van der Waals surface area contributed by atoms with Crippen molar-refractivity contribution in [2.24, 2.45) is 5.92 Å². The predicted octanol–water partition coefficient (Wildman–Crippen LogP) is 2.52. The van der Waals surface area contributed by atoms with Gasteiger partial charge >= 0.3 is 5.97 Å². The summed E-state index contributed by atoms with van der Waals surface area (Å²) in [6, 6.07) is 0. The van der Waals surface area contributed by atoms with E-state index in [-0.39, 0.29) is 18.0 Å². The smallest absolute Gasteiger partial charge is 0.309 e. The second kappa shape index (κ2) is 6.13. The molecule has 100 valence electrons. The van der Waals surface area contributed by atoms with Crippen LogP contribution in [0.2, 0.25) is 0 Å². The van der Waals surface area contributed by atoms with E-state index in [1.54, 1.807) is 0 Å². The van der Waals surface area contributed by atoms with Crippen molar-refractivity contribution in [1.82, 2.24) is 15.2 Å². The van der Waals surface area contributed by atoms with Crippen LogP contribution in [-0.4, -0.2) is 27.3 Å². The van der Waals surface area contributed by atoms with Crippen molar-refractivity contribution in [3.63, 3.8) is 0 Å². The Hall–Kier alpha value is -1.17. The molecule has 5 nitrogen and oxygen atoms in total. The Kier molecular flexibility index (Phi) is 4.52. The minimum Gasteiger partial charge on any atom is -0.462 e. The van der Waals surface area contributed by atoms with E-state index in [9.17, 15) is 4.79 Å². The molecule has 0 bridgehead atoms. The van der Waals surface area contributed by atoms with Crippen molar-refractivity contribution in [2.75, 3.05) is 0 Å². The molecule has 2 heterocycles. The molecule has 0 aliphatic carbocycles. The summed E-state index contributed by atoms with van der Waals surface area (Å²) in [5.41, 5.74) is 0. The number of carbonyl (C=O) groups is 1. The molecule has 2 N–H and O–H groups in total. The molecule has 1 saturated heterocycles. The maximum Gasteiger partial charge on any atom is 0.309 e. The highest BCUT2D eigenvalue weighted by atomic mass is 32.1. The van der Waals surface area contributed by atoms with Crippen LogP contribution in [-0.2, 0) is 16.0 Å². The third-order valence-electron chi connectivity index (χ3n) is 3.28. The summed E-state index contributed by atoms with van der Waals surface area (Å²) in [5, 5.41) is 5.61. The van der Waals surface area contributed by atoms with Crippen LogP contribution >= 0.6 is 12.2 Å². The molecule has 1 fully saturated rings. The molecular formula is C12H19N3O2S. The van der Waals surface area contributed by atoms with Gasteiger partial charge in [0.05, 0.1) is 5.92 Å². The number of aromatic nitrogens is 3. The average molecular weight is 269 g/mol. The van der Waals surface area contributed by atoms with E-state index in [0.29, 0.717) is 11.2 Å². The molecule has 0 amide bonds. The summed E-state index contributed by atoms with van der Waals surface area (Å²) in [5.74, 6) is 0.556. The van der Waals surface area contributed by atoms with E-state index in [4.69, 9.17) is 17.0 Å². The van der Waals surface area contributed by atoms with Crippen molar-refractivity contribution in [2.45, 2.75) is 51.6 Å². The molecule has 0 radical (unpaired) electrons. The summed E-state index contributed by atoms with van der Waals surface area (Å²) >= 11 is 4.88. The third kappa shape index (κ3) is 3.41. The van der Waals surface area contributed by atoms with Gasteiger partial charge in [0, 0.05) is 6.42 Å². The summed E-state index contributed by atoms with van der Waals surface area (Å²) in [4.78, 5) is 15.8. The lowest BCUT2D eigenvalue weighted by Crippen LogP contribution is -2.11. The second-order valence-electron chi connectivity index (χ2n) is 4.81. The molecule has 1 aliphatic rings. The molecule has 0 spiro atoms. The van der Waals surface area contributed by atoms with Crippen molar-refractivity contribution >= 4 is 18.2 Å². The normalized spacial score (nSPS) is 23.3. The molecule has 0 unspecified atom stereocenters. The number of nitrogens with zero attached hydrogens (tertiary/aromatic N) is 1. The predicted molar refractivity (Wildman–Crippen MR) is 69.6 cm³/mol. The van der Waals surface area contributed by atoms with E-state index in [1.165, 1.54) is 12.8 Å². The Labute approximate surface area is 111 Å². The summed E-state index contributed by atoms with van der Waals surface area (Å²) in [6.07, 6.45) is 5.97. The number of nitrogens with one attached hydrogen (secondary N) is 2. The Morgan fingerprint density at radius 1 is 1.44 bits per heavy atom. The van der Waals surface area contributed by atoms with Crippen LogP contribution in [0, 0.1) is 10.7 Å². The molecular weight excluding hydrogens is 250 g/mol. The zero-order valence-corrected chi connectivity index (χ0v) is 11.4. The van der Waals surface area contributed by atoms with Crippen LogP contribution in [0.3, 0.4) is 0 Å². The first-order chi connectivity index (χ1) is 8.69. The molecule has 1 aromatic rings. The summed E-state index contributed by atoms with van der Waals surface area (Å²) < 4.78 is 5.81. The van der Waals surface area contributed by atoms with Gasteiger partial charge in [-0.25, -0.2) is 4.98 Å². The molecule has 2 atom stereocenters. The largest absolute Gasteiger partial charge is 0.462 e. The van der Waals surface area contributed by atoms with E-state index in [2.05, 4.69) is 22.1 Å². The van der Waals surface area contributed by atoms with Gasteiger partial charge in [-0.3, -0.25) is 15.0 Å². The number of hydrogen-bond acceptors (Lipinski definition) is 4. The molecule has 0 saturated carbocycles. The quantitative estimate of drug-likeness (QED) is 0.473. The van der Waals surface area contributed by atoms with Gasteiger partial charge in [-0.1, -0.05) is 19.8 Å². The molecule has 2 rings (SSSR count). The number of unbranched alkanes of at least 4 members (excludes halogenated alkanes) is 2.